The summed E-state index contributed by atoms with van der Waals surface area (Å²) in [5, 5.41) is 0.624. The van der Waals surface area contributed by atoms with E-state index in [1.807, 2.05) is 6.92 Å². The Morgan fingerprint density at radius 1 is 1.50 bits per heavy atom. The summed E-state index contributed by atoms with van der Waals surface area (Å²) in [6.45, 7) is 2.49. The lowest BCUT2D eigenvalue weighted by atomic mass is 10.3. The van der Waals surface area contributed by atoms with E-state index in [-0.39, 0.29) is 5.82 Å². The molecule has 0 spiro atoms. The van der Waals surface area contributed by atoms with Crippen LogP contribution in [-0.2, 0) is 6.42 Å². The zero-order valence-corrected chi connectivity index (χ0v) is 9.72. The van der Waals surface area contributed by atoms with Crippen molar-refractivity contribution >= 4 is 11.3 Å². The highest BCUT2D eigenvalue weighted by atomic mass is 32.1. The molecule has 2 aromatic rings. The van der Waals surface area contributed by atoms with Crippen LogP contribution in [0.15, 0.2) is 18.3 Å². The molecule has 2 aromatic heterocycles. The molecule has 84 valence electrons. The van der Waals surface area contributed by atoms with E-state index < -0.39 is 0 Å². The number of aryl methyl sites for hydroxylation is 1. The van der Waals surface area contributed by atoms with E-state index >= 15 is 0 Å². The second kappa shape index (κ2) is 4.67. The first-order valence-corrected chi connectivity index (χ1v) is 5.81. The molecule has 0 aliphatic heterocycles. The van der Waals surface area contributed by atoms with E-state index in [9.17, 15) is 4.39 Å². The van der Waals surface area contributed by atoms with E-state index in [4.69, 9.17) is 5.73 Å². The fraction of sp³-hybridized carbons (Fsp3) is 0.273. The molecule has 0 fully saturated rings. The highest BCUT2D eigenvalue weighted by molar-refractivity contribution is 7.15. The Hall–Kier alpha value is -1.33. The molecule has 5 heteroatoms. The first-order chi connectivity index (χ1) is 7.72. The molecule has 0 bridgehead atoms. The van der Waals surface area contributed by atoms with Crippen LogP contribution in [0.1, 0.15) is 10.6 Å². The van der Waals surface area contributed by atoms with Crippen molar-refractivity contribution in [2.75, 3.05) is 6.54 Å². The van der Waals surface area contributed by atoms with Crippen LogP contribution in [-0.4, -0.2) is 16.5 Å². The number of hydrogen-bond acceptors (Lipinski definition) is 4. The van der Waals surface area contributed by atoms with Gasteiger partial charge in [-0.3, -0.25) is 4.98 Å². The molecule has 0 radical (unpaired) electrons. The van der Waals surface area contributed by atoms with Gasteiger partial charge in [-0.2, -0.15) is 0 Å². The molecule has 2 heterocycles. The molecule has 2 N–H and O–H groups in total. The molecule has 0 aromatic carbocycles. The lowest BCUT2D eigenvalue weighted by Gasteiger charge is -1.95. The van der Waals surface area contributed by atoms with Crippen molar-refractivity contribution in [2.45, 2.75) is 13.3 Å². The van der Waals surface area contributed by atoms with Gasteiger partial charge in [0.1, 0.15) is 10.7 Å². The molecular weight excluding hydrogens is 225 g/mol. The Morgan fingerprint density at radius 2 is 2.31 bits per heavy atom. The molecule has 0 aliphatic rings. The largest absolute Gasteiger partial charge is 0.330 e. The van der Waals surface area contributed by atoms with Crippen molar-refractivity contribution in [3.05, 3.63) is 34.7 Å². The van der Waals surface area contributed by atoms with Crippen molar-refractivity contribution < 1.29 is 4.39 Å². The van der Waals surface area contributed by atoms with Gasteiger partial charge in [-0.25, -0.2) is 9.37 Å². The van der Waals surface area contributed by atoms with Crippen molar-refractivity contribution in [1.29, 1.82) is 0 Å². The summed E-state index contributed by atoms with van der Waals surface area (Å²) >= 11 is 1.46. The van der Waals surface area contributed by atoms with Crippen LogP contribution in [0, 0.1) is 12.7 Å². The van der Waals surface area contributed by atoms with Crippen molar-refractivity contribution in [3.63, 3.8) is 0 Å². The molecule has 3 nitrogen and oxygen atoms in total. The topological polar surface area (TPSA) is 51.8 Å². The van der Waals surface area contributed by atoms with Crippen LogP contribution in [0.5, 0.6) is 0 Å². The predicted octanol–water partition coefficient (Wildman–Crippen LogP) is 2.15. The Morgan fingerprint density at radius 3 is 3.00 bits per heavy atom. The number of nitrogens with two attached hydrogens (primary N) is 1. The van der Waals surface area contributed by atoms with Gasteiger partial charge in [-0.1, -0.05) is 0 Å². The molecule has 16 heavy (non-hydrogen) atoms. The molecule has 0 atom stereocenters. The van der Waals surface area contributed by atoms with E-state index in [2.05, 4.69) is 9.97 Å². The Bertz CT molecular complexity index is 496. The van der Waals surface area contributed by atoms with E-state index in [0.29, 0.717) is 17.2 Å². The molecule has 0 aliphatic carbocycles. The predicted molar refractivity (Wildman–Crippen MR) is 62.8 cm³/mol. The molecular formula is C11H12FN3S. The van der Waals surface area contributed by atoms with Gasteiger partial charge < -0.3 is 5.73 Å². The first kappa shape index (κ1) is 11.2. The average molecular weight is 237 g/mol. The Labute approximate surface area is 97.2 Å². The number of halogens is 1. The van der Waals surface area contributed by atoms with Gasteiger partial charge in [0, 0.05) is 11.1 Å². The lowest BCUT2D eigenvalue weighted by molar-refractivity contribution is 0.625. The normalized spacial score (nSPS) is 10.7. The Balaban J connectivity index is 2.42. The van der Waals surface area contributed by atoms with E-state index in [0.717, 1.165) is 17.0 Å². The van der Waals surface area contributed by atoms with Gasteiger partial charge in [0.05, 0.1) is 5.69 Å². The van der Waals surface area contributed by atoms with Gasteiger partial charge in [0.25, 0.3) is 0 Å². The smallest absolute Gasteiger partial charge is 0.151 e. The number of aromatic nitrogens is 2. The summed E-state index contributed by atoms with van der Waals surface area (Å²) in [5.74, 6) is -0.337. The van der Waals surface area contributed by atoms with E-state index in [1.165, 1.54) is 17.4 Å². The number of pyridine rings is 1. The quantitative estimate of drug-likeness (QED) is 0.890. The van der Waals surface area contributed by atoms with Crippen LogP contribution < -0.4 is 5.73 Å². The highest BCUT2D eigenvalue weighted by Gasteiger charge is 2.13. The third-order valence-electron chi connectivity index (χ3n) is 2.23. The molecule has 0 amide bonds. The van der Waals surface area contributed by atoms with Crippen LogP contribution in [0.25, 0.3) is 10.7 Å². The summed E-state index contributed by atoms with van der Waals surface area (Å²) < 4.78 is 13.5. The summed E-state index contributed by atoms with van der Waals surface area (Å²) in [6.07, 6.45) is 2.34. The number of rotatable bonds is 3. The van der Waals surface area contributed by atoms with Crippen molar-refractivity contribution in [2.24, 2.45) is 5.73 Å². The van der Waals surface area contributed by atoms with Gasteiger partial charge in [-0.05, 0) is 32.0 Å². The van der Waals surface area contributed by atoms with Crippen LogP contribution >= 0.6 is 11.3 Å². The standard InChI is InChI=1S/C11H12FN3S/c1-7-9(4-5-13)16-11(15-7)10-8(12)3-2-6-14-10/h2-3,6H,4-5,13H2,1H3. The fourth-order valence-electron chi connectivity index (χ4n) is 1.44. The van der Waals surface area contributed by atoms with Gasteiger partial charge in [0.15, 0.2) is 5.82 Å². The zero-order chi connectivity index (χ0) is 11.5. The zero-order valence-electron chi connectivity index (χ0n) is 8.90. The number of thiazole rings is 1. The summed E-state index contributed by atoms with van der Waals surface area (Å²) in [6, 6.07) is 2.96. The maximum atomic E-state index is 13.5. The van der Waals surface area contributed by atoms with Crippen LogP contribution in [0.2, 0.25) is 0 Å². The summed E-state index contributed by atoms with van der Waals surface area (Å²) in [5.41, 5.74) is 6.73. The van der Waals surface area contributed by atoms with Crippen LogP contribution in [0.4, 0.5) is 4.39 Å². The highest BCUT2D eigenvalue weighted by Crippen LogP contribution is 2.28. The second-order valence-electron chi connectivity index (χ2n) is 3.40. The van der Waals surface area contributed by atoms with Gasteiger partial charge in [0.2, 0.25) is 0 Å². The monoisotopic (exact) mass is 237 g/mol. The Kier molecular flexibility index (Phi) is 3.26. The molecule has 0 saturated carbocycles. The number of nitrogens with zero attached hydrogens (tertiary/aromatic N) is 2. The fourth-order valence-corrected chi connectivity index (χ4v) is 2.51. The van der Waals surface area contributed by atoms with E-state index in [1.54, 1.807) is 12.3 Å². The molecule has 0 saturated heterocycles. The maximum Gasteiger partial charge on any atom is 0.151 e. The summed E-state index contributed by atoms with van der Waals surface area (Å²) in [7, 11) is 0. The van der Waals surface area contributed by atoms with Crippen molar-refractivity contribution in [3.8, 4) is 10.7 Å². The van der Waals surface area contributed by atoms with Crippen molar-refractivity contribution in [1.82, 2.24) is 9.97 Å². The SMILES string of the molecule is Cc1nc(-c2ncccc2F)sc1CCN. The molecule has 2 rings (SSSR count). The molecule has 0 unspecified atom stereocenters. The van der Waals surface area contributed by atoms with Gasteiger partial charge >= 0.3 is 0 Å². The third-order valence-corrected chi connectivity index (χ3v) is 3.45. The number of hydrogen-bond donors (Lipinski definition) is 1. The lowest BCUT2D eigenvalue weighted by Crippen LogP contribution is -2.01. The minimum absolute atomic E-state index is 0.318. The minimum atomic E-state index is -0.337. The maximum absolute atomic E-state index is 13.5. The van der Waals surface area contributed by atoms with Gasteiger partial charge in [-0.15, -0.1) is 11.3 Å². The minimum Gasteiger partial charge on any atom is -0.330 e. The summed E-state index contributed by atoms with van der Waals surface area (Å²) in [4.78, 5) is 9.43. The first-order valence-electron chi connectivity index (χ1n) is 4.99. The van der Waals surface area contributed by atoms with Crippen LogP contribution in [0.3, 0.4) is 0 Å². The second-order valence-corrected chi connectivity index (χ2v) is 4.48. The third kappa shape index (κ3) is 2.10. The average Bonchev–Trinajstić information content (AvgIpc) is 2.61.